The number of nitrogens with zero attached hydrogens (tertiary/aromatic N) is 2. The van der Waals surface area contributed by atoms with Crippen LogP contribution in [0.3, 0.4) is 0 Å². The second-order valence-electron chi connectivity index (χ2n) is 8.33. The van der Waals surface area contributed by atoms with E-state index in [4.69, 9.17) is 5.73 Å². The summed E-state index contributed by atoms with van der Waals surface area (Å²) < 4.78 is -0.178. The third-order valence-corrected chi connectivity index (χ3v) is 8.71. The predicted molar refractivity (Wildman–Crippen MR) is 127 cm³/mol. The van der Waals surface area contributed by atoms with Gasteiger partial charge in [0.25, 0.3) is 5.91 Å². The molecule has 4 heterocycles. The molecular formula is C23H22N4O3S2. The van der Waals surface area contributed by atoms with Gasteiger partial charge in [0.2, 0.25) is 0 Å². The standard InChI is InChI=1S/C23H22N4O3S2/c1-13-4-5-17-15(11-13)16(28)12-23(32-17)6-9-27(10-7-23)21(29)18-14-3-2-8-25-19(14)31-20(18)26-22(24)30/h2-5,8,11H,6-7,9-10,12H2,1H3,(H3,24,26,30). The van der Waals surface area contributed by atoms with E-state index in [1.807, 2.05) is 36.1 Å². The lowest BCUT2D eigenvalue weighted by Gasteiger charge is -2.43. The van der Waals surface area contributed by atoms with Crippen molar-refractivity contribution >= 4 is 56.0 Å². The van der Waals surface area contributed by atoms with Gasteiger partial charge in [-0.05, 0) is 44.0 Å². The number of likely N-dealkylation sites (tertiary alicyclic amines) is 1. The molecule has 32 heavy (non-hydrogen) atoms. The molecule has 164 valence electrons. The Hall–Kier alpha value is -2.91. The summed E-state index contributed by atoms with van der Waals surface area (Å²) in [4.78, 5) is 45.7. The molecule has 2 aromatic heterocycles. The number of nitrogens with one attached hydrogen (secondary N) is 1. The summed E-state index contributed by atoms with van der Waals surface area (Å²) in [5.41, 5.74) is 7.66. The Bertz CT molecular complexity index is 1260. The van der Waals surface area contributed by atoms with E-state index in [2.05, 4.69) is 10.3 Å². The molecule has 1 saturated heterocycles. The average Bonchev–Trinajstić information content (AvgIpc) is 3.11. The lowest BCUT2D eigenvalue weighted by Crippen LogP contribution is -2.47. The molecule has 0 radical (unpaired) electrons. The lowest BCUT2D eigenvalue weighted by molar-refractivity contribution is 0.0699. The van der Waals surface area contributed by atoms with Crippen LogP contribution in [0.1, 0.15) is 45.5 Å². The van der Waals surface area contributed by atoms with Gasteiger partial charge in [-0.2, -0.15) is 0 Å². The molecule has 1 aromatic carbocycles. The Morgan fingerprint density at radius 1 is 1.22 bits per heavy atom. The molecule has 3 amide bonds. The van der Waals surface area contributed by atoms with E-state index in [-0.39, 0.29) is 16.4 Å². The number of urea groups is 1. The lowest BCUT2D eigenvalue weighted by atomic mass is 9.87. The molecule has 0 atom stereocenters. The summed E-state index contributed by atoms with van der Waals surface area (Å²) >= 11 is 3.02. The number of primary amides is 1. The van der Waals surface area contributed by atoms with Crippen LogP contribution >= 0.6 is 23.1 Å². The first-order valence-corrected chi connectivity index (χ1v) is 12.0. The van der Waals surface area contributed by atoms with Crippen molar-refractivity contribution in [2.45, 2.75) is 35.8 Å². The van der Waals surface area contributed by atoms with E-state index in [9.17, 15) is 14.4 Å². The Labute approximate surface area is 193 Å². The van der Waals surface area contributed by atoms with Crippen LogP contribution in [0.4, 0.5) is 9.80 Å². The number of piperidine rings is 1. The van der Waals surface area contributed by atoms with E-state index in [1.54, 1.807) is 24.0 Å². The second-order valence-corrected chi connectivity index (χ2v) is 10.8. The number of aryl methyl sites for hydroxylation is 1. The highest BCUT2D eigenvalue weighted by Crippen LogP contribution is 2.49. The number of carbonyl (C=O) groups is 3. The van der Waals surface area contributed by atoms with Gasteiger partial charge in [-0.15, -0.1) is 11.8 Å². The molecule has 5 rings (SSSR count). The van der Waals surface area contributed by atoms with Crippen molar-refractivity contribution in [3.8, 4) is 0 Å². The number of hydrogen-bond acceptors (Lipinski definition) is 6. The van der Waals surface area contributed by atoms with E-state index < -0.39 is 6.03 Å². The summed E-state index contributed by atoms with van der Waals surface area (Å²) in [6.07, 6.45) is 3.63. The van der Waals surface area contributed by atoms with Crippen LogP contribution < -0.4 is 11.1 Å². The van der Waals surface area contributed by atoms with Gasteiger partial charge in [0.15, 0.2) is 5.78 Å². The predicted octanol–water partition coefficient (Wildman–Crippen LogP) is 4.45. The number of amides is 3. The normalized spacial score (nSPS) is 17.4. The van der Waals surface area contributed by atoms with Gasteiger partial charge in [0.1, 0.15) is 9.83 Å². The number of hydrogen-bond donors (Lipinski definition) is 2. The van der Waals surface area contributed by atoms with Gasteiger partial charge in [-0.25, -0.2) is 9.78 Å². The summed E-state index contributed by atoms with van der Waals surface area (Å²) in [5.74, 6) is 0.0380. The highest BCUT2D eigenvalue weighted by atomic mass is 32.2. The molecule has 0 bridgehead atoms. The number of pyridine rings is 1. The average molecular weight is 467 g/mol. The molecule has 1 spiro atoms. The van der Waals surface area contributed by atoms with Gasteiger partial charge in [-0.1, -0.05) is 23.0 Å². The maximum absolute atomic E-state index is 13.5. The van der Waals surface area contributed by atoms with Crippen molar-refractivity contribution < 1.29 is 14.4 Å². The molecular weight excluding hydrogens is 444 g/mol. The number of carbonyl (C=O) groups excluding carboxylic acids is 3. The number of thioether (sulfide) groups is 1. The Morgan fingerprint density at radius 3 is 2.75 bits per heavy atom. The van der Waals surface area contributed by atoms with Crippen LogP contribution in [0, 0.1) is 6.92 Å². The number of fused-ring (bicyclic) bond motifs is 2. The van der Waals surface area contributed by atoms with E-state index in [0.717, 1.165) is 28.9 Å². The first-order chi connectivity index (χ1) is 15.3. The highest BCUT2D eigenvalue weighted by molar-refractivity contribution is 8.01. The van der Waals surface area contributed by atoms with Crippen molar-refractivity contribution in [2.24, 2.45) is 5.73 Å². The zero-order chi connectivity index (χ0) is 22.5. The summed E-state index contributed by atoms with van der Waals surface area (Å²) in [6, 6.07) is 8.94. The van der Waals surface area contributed by atoms with Crippen molar-refractivity contribution in [3.05, 3.63) is 53.2 Å². The molecule has 9 heteroatoms. The molecule has 3 N–H and O–H groups in total. The van der Waals surface area contributed by atoms with Gasteiger partial charge < -0.3 is 10.6 Å². The molecule has 2 aliphatic rings. The number of Topliss-reactive ketones (excluding diaryl/α,β-unsaturated/α-hetero) is 1. The van der Waals surface area contributed by atoms with Crippen LogP contribution in [0.15, 0.2) is 41.4 Å². The quantitative estimate of drug-likeness (QED) is 0.581. The molecule has 2 aliphatic heterocycles. The maximum Gasteiger partial charge on any atom is 0.317 e. The van der Waals surface area contributed by atoms with Gasteiger partial charge in [0.05, 0.1) is 5.56 Å². The highest BCUT2D eigenvalue weighted by Gasteiger charge is 2.43. The van der Waals surface area contributed by atoms with Gasteiger partial charge in [-0.3, -0.25) is 14.9 Å². The minimum absolute atomic E-state index is 0.147. The molecule has 0 aliphatic carbocycles. The fraction of sp³-hybridized carbons (Fsp3) is 0.304. The van der Waals surface area contributed by atoms with E-state index >= 15 is 0 Å². The Balaban J connectivity index is 1.38. The third-order valence-electron chi connectivity index (χ3n) is 6.12. The minimum Gasteiger partial charge on any atom is -0.351 e. The van der Waals surface area contributed by atoms with Crippen molar-refractivity contribution in [3.63, 3.8) is 0 Å². The molecule has 3 aromatic rings. The monoisotopic (exact) mass is 466 g/mol. The summed E-state index contributed by atoms with van der Waals surface area (Å²) in [5, 5.41) is 3.71. The SMILES string of the molecule is Cc1ccc2c(c1)C(=O)CC1(CCN(C(=O)c3c(NC(N)=O)sc4ncccc34)CC1)S2. The molecule has 0 saturated carbocycles. The first kappa shape index (κ1) is 21.0. The third kappa shape index (κ3) is 3.65. The number of anilines is 1. The molecule has 0 unspecified atom stereocenters. The number of benzene rings is 1. The number of thiophene rings is 1. The van der Waals surface area contributed by atoms with Crippen molar-refractivity contribution in [1.82, 2.24) is 9.88 Å². The number of aromatic nitrogens is 1. The largest absolute Gasteiger partial charge is 0.351 e. The fourth-order valence-electron chi connectivity index (χ4n) is 4.51. The van der Waals surface area contributed by atoms with Crippen LogP contribution in [0.2, 0.25) is 0 Å². The fourth-order valence-corrected chi connectivity index (χ4v) is 7.02. The van der Waals surface area contributed by atoms with Crippen LogP contribution in [-0.4, -0.2) is 45.4 Å². The molecule has 1 fully saturated rings. The van der Waals surface area contributed by atoms with Crippen molar-refractivity contribution in [1.29, 1.82) is 0 Å². The maximum atomic E-state index is 13.5. The topological polar surface area (TPSA) is 105 Å². The Kier molecular flexibility index (Phi) is 5.17. The van der Waals surface area contributed by atoms with E-state index in [1.165, 1.54) is 11.3 Å². The number of nitrogens with two attached hydrogens (primary N) is 1. The summed E-state index contributed by atoms with van der Waals surface area (Å²) in [6.45, 7) is 3.10. The van der Waals surface area contributed by atoms with Gasteiger partial charge in [0, 0.05) is 46.3 Å². The van der Waals surface area contributed by atoms with Gasteiger partial charge >= 0.3 is 6.03 Å². The van der Waals surface area contributed by atoms with Crippen LogP contribution in [0.5, 0.6) is 0 Å². The second kappa shape index (κ2) is 7.90. The summed E-state index contributed by atoms with van der Waals surface area (Å²) in [7, 11) is 0. The number of rotatable bonds is 2. The van der Waals surface area contributed by atoms with Crippen LogP contribution in [-0.2, 0) is 0 Å². The Morgan fingerprint density at radius 2 is 2.00 bits per heavy atom. The number of ketones is 1. The zero-order valence-electron chi connectivity index (χ0n) is 17.5. The zero-order valence-corrected chi connectivity index (χ0v) is 19.1. The molecule has 7 nitrogen and oxygen atoms in total. The first-order valence-electron chi connectivity index (χ1n) is 10.4. The van der Waals surface area contributed by atoms with Crippen molar-refractivity contribution in [2.75, 3.05) is 18.4 Å². The smallest absolute Gasteiger partial charge is 0.317 e. The van der Waals surface area contributed by atoms with E-state index in [0.29, 0.717) is 40.3 Å². The van der Waals surface area contributed by atoms with Crippen LogP contribution in [0.25, 0.3) is 10.2 Å². The minimum atomic E-state index is -0.714.